The molecule has 0 heterocycles. The van der Waals surface area contributed by atoms with E-state index >= 15 is 0 Å². The number of nitrogens with zero attached hydrogens (tertiary/aromatic N) is 1. The molecule has 1 amide bonds. The Kier molecular flexibility index (Phi) is 53.1. The first kappa shape index (κ1) is 73.4. The first-order chi connectivity index (χ1) is 37.4. The smallest absolute Gasteiger partial charge is 0.306 e. The SMILES string of the molecule is CC/C=C\C/C=C\C/C=C\C/C=C\C/C=C\C/C=C\CCC(=O)OC(/C=C/CCCCCCCCCCCCC)C(COP(=O)([O-])OCC[N+](C)(C)C)NC(=O)CCCCCCCC/C=C\C/C=C\C/C=C\CCCCC. The quantitative estimate of drug-likeness (QED) is 0.0212. The molecule has 0 aliphatic rings. The minimum absolute atomic E-state index is 0.0426. The summed E-state index contributed by atoms with van der Waals surface area (Å²) in [5, 5.41) is 3.00. The fourth-order valence-electron chi connectivity index (χ4n) is 8.14. The Balaban J connectivity index is 5.46. The van der Waals surface area contributed by atoms with Crippen LogP contribution in [0.15, 0.2) is 122 Å². The van der Waals surface area contributed by atoms with Crippen molar-refractivity contribution >= 4 is 19.7 Å². The number of esters is 1. The molecule has 440 valence electrons. The van der Waals surface area contributed by atoms with Gasteiger partial charge < -0.3 is 28.5 Å². The van der Waals surface area contributed by atoms with Gasteiger partial charge in [0.1, 0.15) is 19.3 Å². The highest BCUT2D eigenvalue weighted by molar-refractivity contribution is 7.45. The van der Waals surface area contributed by atoms with Gasteiger partial charge in [-0.05, 0) is 109 Å². The third kappa shape index (κ3) is 56.9. The van der Waals surface area contributed by atoms with Crippen LogP contribution in [0.4, 0.5) is 0 Å². The molecule has 0 fully saturated rings. The molecule has 3 atom stereocenters. The van der Waals surface area contributed by atoms with Crippen LogP contribution in [-0.4, -0.2) is 69.4 Å². The number of amides is 1. The summed E-state index contributed by atoms with van der Waals surface area (Å²) in [6.07, 6.45) is 77.5. The van der Waals surface area contributed by atoms with Crippen molar-refractivity contribution in [3.8, 4) is 0 Å². The number of nitrogens with one attached hydrogen (secondary N) is 1. The van der Waals surface area contributed by atoms with E-state index in [4.69, 9.17) is 13.8 Å². The Morgan fingerprint density at radius 3 is 1.30 bits per heavy atom. The number of quaternary nitrogens is 1. The fourth-order valence-corrected chi connectivity index (χ4v) is 8.86. The van der Waals surface area contributed by atoms with E-state index in [9.17, 15) is 19.0 Å². The van der Waals surface area contributed by atoms with Gasteiger partial charge in [-0.15, -0.1) is 0 Å². The predicted molar refractivity (Wildman–Crippen MR) is 330 cm³/mol. The second kappa shape index (κ2) is 55.7. The Hall–Kier alpha value is -3.59. The molecule has 0 bridgehead atoms. The third-order valence-electron chi connectivity index (χ3n) is 12.9. The Labute approximate surface area is 473 Å². The summed E-state index contributed by atoms with van der Waals surface area (Å²) in [5.41, 5.74) is 0. The molecule has 0 saturated heterocycles. The van der Waals surface area contributed by atoms with Gasteiger partial charge in [-0.1, -0.05) is 239 Å². The van der Waals surface area contributed by atoms with Crippen LogP contribution in [0.5, 0.6) is 0 Å². The molecule has 9 nitrogen and oxygen atoms in total. The number of rotatable bonds is 54. The highest BCUT2D eigenvalue weighted by Gasteiger charge is 2.27. The number of carbonyl (C=O) groups is 2. The van der Waals surface area contributed by atoms with Gasteiger partial charge in [-0.3, -0.25) is 14.2 Å². The minimum atomic E-state index is -4.73. The van der Waals surface area contributed by atoms with E-state index in [0.717, 1.165) is 109 Å². The maximum Gasteiger partial charge on any atom is 0.306 e. The van der Waals surface area contributed by atoms with Crippen LogP contribution >= 0.6 is 7.82 Å². The average molecular weight is 1090 g/mol. The summed E-state index contributed by atoms with van der Waals surface area (Å²) in [6.45, 7) is 6.63. The van der Waals surface area contributed by atoms with Crippen molar-refractivity contribution in [3.63, 3.8) is 0 Å². The van der Waals surface area contributed by atoms with Crippen molar-refractivity contribution in [2.45, 2.75) is 251 Å². The number of phosphoric acid groups is 1. The van der Waals surface area contributed by atoms with Crippen molar-refractivity contribution in [2.75, 3.05) is 40.9 Å². The van der Waals surface area contributed by atoms with Crippen LogP contribution in [0.2, 0.25) is 0 Å². The Morgan fingerprint density at radius 2 is 0.844 bits per heavy atom. The number of ether oxygens (including phenoxy) is 1. The minimum Gasteiger partial charge on any atom is -0.756 e. The molecule has 0 aromatic rings. The molecule has 0 aliphatic carbocycles. The maximum absolute atomic E-state index is 13.5. The zero-order valence-corrected chi connectivity index (χ0v) is 51.0. The zero-order chi connectivity index (χ0) is 56.4. The average Bonchev–Trinajstić information content (AvgIpc) is 3.39. The van der Waals surface area contributed by atoms with E-state index in [-0.39, 0.29) is 25.4 Å². The Morgan fingerprint density at radius 1 is 0.468 bits per heavy atom. The number of allylic oxidation sites excluding steroid dienone is 19. The molecule has 0 saturated carbocycles. The molecule has 77 heavy (non-hydrogen) atoms. The summed E-state index contributed by atoms with van der Waals surface area (Å²) >= 11 is 0. The lowest BCUT2D eigenvalue weighted by atomic mass is 10.0. The van der Waals surface area contributed by atoms with Gasteiger partial charge in [0, 0.05) is 12.8 Å². The van der Waals surface area contributed by atoms with Gasteiger partial charge in [0.05, 0.1) is 33.8 Å². The fraction of sp³-hybridized carbons (Fsp3) is 0.672. The molecular formula is C67H115N2O7P. The third-order valence-corrected chi connectivity index (χ3v) is 13.9. The number of likely N-dealkylation sites (N-methyl/N-ethyl adjacent to an activating group) is 1. The van der Waals surface area contributed by atoms with Gasteiger partial charge >= 0.3 is 5.97 Å². The van der Waals surface area contributed by atoms with Gasteiger partial charge in [0.15, 0.2) is 0 Å². The summed E-state index contributed by atoms with van der Waals surface area (Å²) in [7, 11) is 1.12. The number of hydrogen-bond donors (Lipinski definition) is 1. The standard InChI is InChI=1S/C67H115N2O7P/c1-7-10-13-16-19-22-25-28-30-32-34-36-38-41-44-47-50-53-56-59-66(70)68-64(63-75-77(72,73)74-62-61-69(4,5)6)65(58-55-52-49-46-43-40-27-24-21-18-15-12-9-3)76-67(71)60-57-54-51-48-45-42-39-37-35-33-31-29-26-23-20-17-14-11-8-2/h11,14,19-20,22-23,28-31,34-37,42,45,51,54-55,58,64-65H,7-10,12-13,15-18,21,24-27,32-33,38-41,43-44,46-50,52-53,56-57,59-63H2,1-6H3,(H-,68,70,72,73)/b14-11-,22-19-,23-20-,30-28-,31-29-,36-34-,37-35-,45-42-,54-51-,58-55+. The summed E-state index contributed by atoms with van der Waals surface area (Å²) < 4.78 is 30.2. The largest absolute Gasteiger partial charge is 0.756 e. The lowest BCUT2D eigenvalue weighted by Crippen LogP contribution is -2.47. The van der Waals surface area contributed by atoms with Gasteiger partial charge in [0.25, 0.3) is 7.82 Å². The van der Waals surface area contributed by atoms with Gasteiger partial charge in [-0.25, -0.2) is 0 Å². The normalized spacial score (nSPS) is 14.5. The lowest BCUT2D eigenvalue weighted by molar-refractivity contribution is -0.870. The van der Waals surface area contributed by atoms with Gasteiger partial charge in [0.2, 0.25) is 5.91 Å². The van der Waals surface area contributed by atoms with E-state index < -0.39 is 32.5 Å². The van der Waals surface area contributed by atoms with E-state index in [1.165, 1.54) is 83.5 Å². The monoisotopic (exact) mass is 1090 g/mol. The molecule has 10 heteroatoms. The Bertz CT molecular complexity index is 1730. The maximum atomic E-state index is 13.5. The molecule has 0 aromatic carbocycles. The van der Waals surface area contributed by atoms with Crippen molar-refractivity contribution in [2.24, 2.45) is 0 Å². The van der Waals surface area contributed by atoms with Crippen LogP contribution < -0.4 is 10.2 Å². The molecule has 0 rings (SSSR count). The second-order valence-corrected chi connectivity index (χ2v) is 22.9. The van der Waals surface area contributed by atoms with Crippen LogP contribution in [-0.2, 0) is 27.9 Å². The summed E-state index contributed by atoms with van der Waals surface area (Å²) in [4.78, 5) is 40.0. The lowest BCUT2D eigenvalue weighted by Gasteiger charge is -2.30. The molecule has 0 aliphatic heterocycles. The van der Waals surface area contributed by atoms with Crippen molar-refractivity contribution in [3.05, 3.63) is 122 Å². The zero-order valence-electron chi connectivity index (χ0n) is 50.1. The van der Waals surface area contributed by atoms with E-state index in [0.29, 0.717) is 23.9 Å². The molecular weight excluding hydrogens is 976 g/mol. The molecule has 0 spiro atoms. The van der Waals surface area contributed by atoms with E-state index in [2.05, 4.69) is 123 Å². The first-order valence-corrected chi connectivity index (χ1v) is 32.3. The van der Waals surface area contributed by atoms with Crippen molar-refractivity contribution in [1.82, 2.24) is 5.32 Å². The topological polar surface area (TPSA) is 114 Å². The summed E-state index contributed by atoms with van der Waals surface area (Å²) in [6, 6.07) is -0.934. The number of unbranched alkanes of at least 4 members (excludes halogenated alkanes) is 20. The molecule has 3 unspecified atom stereocenters. The van der Waals surface area contributed by atoms with Crippen molar-refractivity contribution in [1.29, 1.82) is 0 Å². The highest BCUT2D eigenvalue weighted by Crippen LogP contribution is 2.38. The van der Waals surface area contributed by atoms with Crippen LogP contribution in [0.25, 0.3) is 0 Å². The van der Waals surface area contributed by atoms with Crippen LogP contribution in [0.1, 0.15) is 239 Å². The van der Waals surface area contributed by atoms with Crippen LogP contribution in [0, 0.1) is 0 Å². The second-order valence-electron chi connectivity index (χ2n) is 21.5. The number of carbonyl (C=O) groups excluding carboxylic acids is 2. The van der Waals surface area contributed by atoms with Crippen molar-refractivity contribution < 1.29 is 37.3 Å². The number of phosphoric ester groups is 1. The molecule has 0 radical (unpaired) electrons. The molecule has 1 N–H and O–H groups in total. The molecule has 0 aromatic heterocycles. The van der Waals surface area contributed by atoms with Crippen LogP contribution in [0.3, 0.4) is 0 Å². The van der Waals surface area contributed by atoms with Gasteiger partial charge in [-0.2, -0.15) is 0 Å². The van der Waals surface area contributed by atoms with E-state index in [1.54, 1.807) is 6.08 Å². The number of hydrogen-bond acceptors (Lipinski definition) is 7. The highest BCUT2D eigenvalue weighted by atomic mass is 31.2. The first-order valence-electron chi connectivity index (χ1n) is 30.8. The van der Waals surface area contributed by atoms with E-state index in [1.807, 2.05) is 39.4 Å². The predicted octanol–water partition coefficient (Wildman–Crippen LogP) is 18.5. The summed E-state index contributed by atoms with van der Waals surface area (Å²) in [5.74, 6) is -0.660.